The summed E-state index contributed by atoms with van der Waals surface area (Å²) in [5.74, 6) is -0.272. The molecule has 0 saturated carbocycles. The third kappa shape index (κ3) is 4.84. The number of aryl methyl sites for hydroxylation is 1. The molecule has 2 aromatic rings. The van der Waals surface area contributed by atoms with Gasteiger partial charge in [-0.3, -0.25) is 9.59 Å². The molecule has 23 heavy (non-hydrogen) atoms. The average Bonchev–Trinajstić information content (AvgIpc) is 2.94. The number of aromatic amines is 1. The SMILES string of the molecule is CC(C)[C@H](C)NC(=O)COC(=O)CCc1c[nH]c2ccccc12. The average molecular weight is 316 g/mol. The second kappa shape index (κ2) is 7.81. The van der Waals surface area contributed by atoms with Gasteiger partial charge in [-0.05, 0) is 30.9 Å². The standard InChI is InChI=1S/C18H24N2O3/c1-12(2)13(3)20-17(21)11-23-18(22)9-8-14-10-19-16-7-5-4-6-15(14)16/h4-7,10,12-13,19H,8-9,11H2,1-3H3,(H,20,21)/t13-/m0/s1. The van der Waals surface area contributed by atoms with Crippen molar-refractivity contribution in [2.75, 3.05) is 6.61 Å². The number of amides is 1. The zero-order valence-corrected chi connectivity index (χ0v) is 13.9. The number of carbonyl (C=O) groups excluding carboxylic acids is 2. The van der Waals surface area contributed by atoms with E-state index in [4.69, 9.17) is 4.74 Å². The molecule has 2 N–H and O–H groups in total. The van der Waals surface area contributed by atoms with Crippen molar-refractivity contribution in [3.8, 4) is 0 Å². The van der Waals surface area contributed by atoms with Crippen molar-refractivity contribution in [2.24, 2.45) is 5.92 Å². The lowest BCUT2D eigenvalue weighted by Gasteiger charge is -2.17. The molecule has 1 heterocycles. The Morgan fingerprint density at radius 1 is 1.22 bits per heavy atom. The van der Waals surface area contributed by atoms with Crippen LogP contribution in [0, 0.1) is 5.92 Å². The maximum atomic E-state index is 11.8. The first-order valence-corrected chi connectivity index (χ1v) is 7.97. The van der Waals surface area contributed by atoms with Crippen molar-refractivity contribution in [2.45, 2.75) is 39.7 Å². The summed E-state index contributed by atoms with van der Waals surface area (Å²) in [4.78, 5) is 26.6. The van der Waals surface area contributed by atoms with E-state index in [1.165, 1.54) is 0 Å². The van der Waals surface area contributed by atoms with Gasteiger partial charge in [0.05, 0.1) is 0 Å². The van der Waals surface area contributed by atoms with E-state index in [0.29, 0.717) is 12.3 Å². The Bertz CT molecular complexity index is 676. The van der Waals surface area contributed by atoms with Gasteiger partial charge in [0.2, 0.25) is 0 Å². The highest BCUT2D eigenvalue weighted by atomic mass is 16.5. The molecule has 1 aromatic carbocycles. The van der Waals surface area contributed by atoms with Crippen molar-refractivity contribution in [1.82, 2.24) is 10.3 Å². The summed E-state index contributed by atoms with van der Waals surface area (Å²) in [7, 11) is 0. The fourth-order valence-electron chi connectivity index (χ4n) is 2.26. The maximum Gasteiger partial charge on any atom is 0.306 e. The van der Waals surface area contributed by atoms with Crippen molar-refractivity contribution >= 4 is 22.8 Å². The number of hydrogen-bond donors (Lipinski definition) is 2. The van der Waals surface area contributed by atoms with Gasteiger partial charge in [0.25, 0.3) is 5.91 Å². The normalized spacial score (nSPS) is 12.3. The second-order valence-electron chi connectivity index (χ2n) is 6.12. The third-order valence-corrected chi connectivity index (χ3v) is 4.03. The van der Waals surface area contributed by atoms with Crippen molar-refractivity contribution < 1.29 is 14.3 Å². The Morgan fingerprint density at radius 2 is 1.96 bits per heavy atom. The van der Waals surface area contributed by atoms with E-state index < -0.39 is 0 Å². The van der Waals surface area contributed by atoms with Crippen LogP contribution in [0.5, 0.6) is 0 Å². The predicted octanol–water partition coefficient (Wildman–Crippen LogP) is 2.80. The second-order valence-corrected chi connectivity index (χ2v) is 6.12. The first-order chi connectivity index (χ1) is 11.0. The van der Waals surface area contributed by atoms with Crippen LogP contribution in [0.2, 0.25) is 0 Å². The number of H-pyrrole nitrogens is 1. The molecule has 1 aromatic heterocycles. The molecule has 0 saturated heterocycles. The van der Waals surface area contributed by atoms with Crippen LogP contribution in [0.15, 0.2) is 30.5 Å². The minimum Gasteiger partial charge on any atom is -0.456 e. The molecule has 1 amide bonds. The van der Waals surface area contributed by atoms with E-state index >= 15 is 0 Å². The number of ether oxygens (including phenoxy) is 1. The Labute approximate surface area is 136 Å². The molecule has 5 nitrogen and oxygen atoms in total. The van der Waals surface area contributed by atoms with Gasteiger partial charge in [-0.25, -0.2) is 0 Å². The highest BCUT2D eigenvalue weighted by molar-refractivity contribution is 5.84. The van der Waals surface area contributed by atoms with Crippen LogP contribution in [-0.4, -0.2) is 29.5 Å². The summed E-state index contributed by atoms with van der Waals surface area (Å²) in [5.41, 5.74) is 2.13. The summed E-state index contributed by atoms with van der Waals surface area (Å²) in [5, 5.41) is 3.92. The van der Waals surface area contributed by atoms with E-state index in [-0.39, 0.29) is 30.9 Å². The fourth-order valence-corrected chi connectivity index (χ4v) is 2.26. The third-order valence-electron chi connectivity index (χ3n) is 4.03. The topological polar surface area (TPSA) is 71.2 Å². The molecular formula is C18H24N2O3. The van der Waals surface area contributed by atoms with Crippen LogP contribution in [0.3, 0.4) is 0 Å². The maximum absolute atomic E-state index is 11.8. The van der Waals surface area contributed by atoms with Crippen LogP contribution >= 0.6 is 0 Å². The van der Waals surface area contributed by atoms with E-state index in [9.17, 15) is 9.59 Å². The lowest BCUT2D eigenvalue weighted by atomic mass is 10.1. The highest BCUT2D eigenvalue weighted by Gasteiger charge is 2.13. The molecule has 5 heteroatoms. The van der Waals surface area contributed by atoms with Gasteiger partial charge in [-0.1, -0.05) is 32.0 Å². The van der Waals surface area contributed by atoms with E-state index in [2.05, 4.69) is 10.3 Å². The largest absolute Gasteiger partial charge is 0.456 e. The van der Waals surface area contributed by atoms with E-state index in [1.807, 2.05) is 51.2 Å². The summed E-state index contributed by atoms with van der Waals surface area (Å²) in [6, 6.07) is 8.02. The number of aromatic nitrogens is 1. The summed E-state index contributed by atoms with van der Waals surface area (Å²) >= 11 is 0. The van der Waals surface area contributed by atoms with Crippen molar-refractivity contribution in [3.63, 3.8) is 0 Å². The van der Waals surface area contributed by atoms with Gasteiger partial charge in [0, 0.05) is 29.6 Å². The molecule has 0 fully saturated rings. The molecular weight excluding hydrogens is 292 g/mol. The Balaban J connectivity index is 1.76. The van der Waals surface area contributed by atoms with Gasteiger partial charge >= 0.3 is 5.97 Å². The Kier molecular flexibility index (Phi) is 5.79. The lowest BCUT2D eigenvalue weighted by Crippen LogP contribution is -2.38. The van der Waals surface area contributed by atoms with Gasteiger partial charge in [-0.2, -0.15) is 0 Å². The van der Waals surface area contributed by atoms with Gasteiger partial charge in [0.15, 0.2) is 6.61 Å². The van der Waals surface area contributed by atoms with Crippen LogP contribution in [0.4, 0.5) is 0 Å². The van der Waals surface area contributed by atoms with Crippen LogP contribution in [0.25, 0.3) is 10.9 Å². The first-order valence-electron chi connectivity index (χ1n) is 7.97. The lowest BCUT2D eigenvalue weighted by molar-refractivity contribution is -0.148. The van der Waals surface area contributed by atoms with Gasteiger partial charge in [-0.15, -0.1) is 0 Å². The molecule has 0 bridgehead atoms. The molecule has 0 aliphatic rings. The molecule has 0 spiro atoms. The number of benzene rings is 1. The number of para-hydroxylation sites is 1. The number of carbonyl (C=O) groups is 2. The number of hydrogen-bond acceptors (Lipinski definition) is 3. The summed E-state index contributed by atoms with van der Waals surface area (Å²) < 4.78 is 5.03. The molecule has 0 aliphatic carbocycles. The number of rotatable bonds is 7. The number of fused-ring (bicyclic) bond motifs is 1. The number of esters is 1. The molecule has 124 valence electrons. The Hall–Kier alpha value is -2.30. The quantitative estimate of drug-likeness (QED) is 0.772. The van der Waals surface area contributed by atoms with Crippen LogP contribution in [0.1, 0.15) is 32.8 Å². The van der Waals surface area contributed by atoms with E-state index in [0.717, 1.165) is 16.5 Å². The van der Waals surface area contributed by atoms with Gasteiger partial charge < -0.3 is 15.0 Å². The molecule has 0 radical (unpaired) electrons. The van der Waals surface area contributed by atoms with E-state index in [1.54, 1.807) is 0 Å². The van der Waals surface area contributed by atoms with Crippen LogP contribution in [-0.2, 0) is 20.7 Å². The van der Waals surface area contributed by atoms with Crippen LogP contribution < -0.4 is 5.32 Å². The minimum absolute atomic E-state index is 0.0624. The highest BCUT2D eigenvalue weighted by Crippen LogP contribution is 2.19. The van der Waals surface area contributed by atoms with Crippen molar-refractivity contribution in [3.05, 3.63) is 36.0 Å². The zero-order chi connectivity index (χ0) is 16.8. The Morgan fingerprint density at radius 3 is 2.70 bits per heavy atom. The monoisotopic (exact) mass is 316 g/mol. The molecule has 0 aliphatic heterocycles. The van der Waals surface area contributed by atoms with Gasteiger partial charge in [0.1, 0.15) is 0 Å². The molecule has 1 atom stereocenters. The number of nitrogens with one attached hydrogen (secondary N) is 2. The first kappa shape index (κ1) is 17.1. The summed E-state index contributed by atoms with van der Waals surface area (Å²) in [6.45, 7) is 5.77. The smallest absolute Gasteiger partial charge is 0.306 e. The minimum atomic E-state index is -0.359. The fraction of sp³-hybridized carbons (Fsp3) is 0.444. The molecule has 0 unspecified atom stereocenters. The van der Waals surface area contributed by atoms with Crippen molar-refractivity contribution in [1.29, 1.82) is 0 Å². The summed E-state index contributed by atoms with van der Waals surface area (Å²) in [6.07, 6.45) is 2.76. The molecule has 2 rings (SSSR count). The zero-order valence-electron chi connectivity index (χ0n) is 13.9. The predicted molar refractivity (Wildman–Crippen MR) is 90.0 cm³/mol.